The predicted octanol–water partition coefficient (Wildman–Crippen LogP) is 2.80. The topological polar surface area (TPSA) is 61.6 Å². The third-order valence-corrected chi connectivity index (χ3v) is 1.58. The molecule has 0 spiro atoms. The zero-order chi connectivity index (χ0) is 13.1. The quantitative estimate of drug-likeness (QED) is 0.471. The Bertz CT molecular complexity index is 420. The van der Waals surface area contributed by atoms with Crippen LogP contribution in [0.25, 0.3) is 0 Å². The highest BCUT2D eigenvalue weighted by atomic mass is 19.4. The molecule has 0 heterocycles. The number of hydrogen-bond donors (Lipinski definition) is 0. The largest absolute Gasteiger partial charge is 0.573 e. The molecule has 5 nitrogen and oxygen atoms in total. The molecule has 1 aromatic rings. The minimum absolute atomic E-state index is 0.783. The van der Waals surface area contributed by atoms with Crippen LogP contribution in [0.2, 0.25) is 0 Å². The molecule has 0 fully saturated rings. The van der Waals surface area contributed by atoms with Crippen molar-refractivity contribution in [2.24, 2.45) is 0 Å². The van der Waals surface area contributed by atoms with Crippen molar-refractivity contribution in [3.63, 3.8) is 0 Å². The van der Waals surface area contributed by atoms with Crippen molar-refractivity contribution < 1.29 is 32.0 Å². The molecule has 1 aromatic carbocycles. The van der Waals surface area contributed by atoms with E-state index < -0.39 is 35.3 Å². The monoisotopic (exact) mass is 255 g/mol. The van der Waals surface area contributed by atoms with Gasteiger partial charge in [-0.25, -0.2) is 4.39 Å². The first-order valence-corrected chi connectivity index (χ1v) is 4.07. The molecular formula is C8H5F4NO4. The van der Waals surface area contributed by atoms with Crippen LogP contribution in [0.1, 0.15) is 0 Å². The summed E-state index contributed by atoms with van der Waals surface area (Å²) in [5.41, 5.74) is -0.815. The molecule has 1 rings (SSSR count). The van der Waals surface area contributed by atoms with E-state index in [1.54, 1.807) is 0 Å². The Morgan fingerprint density at radius 3 is 2.47 bits per heavy atom. The lowest BCUT2D eigenvalue weighted by molar-refractivity contribution is -0.386. The number of alkyl halides is 4. The number of nitro benzene ring substituents is 1. The van der Waals surface area contributed by atoms with E-state index in [1.165, 1.54) is 0 Å². The zero-order valence-electron chi connectivity index (χ0n) is 8.03. The first-order valence-electron chi connectivity index (χ1n) is 4.07. The number of ether oxygens (including phenoxy) is 2. The SMILES string of the molecule is O=[N+]([O-])c1cccc(OC(F)(F)F)c1OCF. The van der Waals surface area contributed by atoms with Gasteiger partial charge in [0.05, 0.1) is 4.92 Å². The van der Waals surface area contributed by atoms with E-state index in [4.69, 9.17) is 0 Å². The van der Waals surface area contributed by atoms with Gasteiger partial charge in [0.1, 0.15) is 0 Å². The Labute approximate surface area is 91.7 Å². The second-order valence-corrected chi connectivity index (χ2v) is 2.66. The molecule has 0 radical (unpaired) electrons. The van der Waals surface area contributed by atoms with Crippen molar-refractivity contribution >= 4 is 5.69 Å². The van der Waals surface area contributed by atoms with E-state index in [-0.39, 0.29) is 0 Å². The molecule has 0 N–H and O–H groups in total. The van der Waals surface area contributed by atoms with Crippen molar-refractivity contribution in [3.05, 3.63) is 28.3 Å². The number of nitrogens with zero attached hydrogens (tertiary/aromatic N) is 1. The van der Waals surface area contributed by atoms with Gasteiger partial charge in [-0.05, 0) is 6.07 Å². The fraction of sp³-hybridized carbons (Fsp3) is 0.250. The van der Waals surface area contributed by atoms with E-state index in [1.807, 2.05) is 0 Å². The van der Waals surface area contributed by atoms with Gasteiger partial charge in [-0.1, -0.05) is 6.07 Å². The smallest absolute Gasteiger partial charge is 0.452 e. The van der Waals surface area contributed by atoms with Crippen LogP contribution in [0, 0.1) is 10.1 Å². The van der Waals surface area contributed by atoms with Crippen LogP contribution < -0.4 is 9.47 Å². The highest BCUT2D eigenvalue weighted by Gasteiger charge is 2.34. The standard InChI is InChI=1S/C8H5F4NO4/c9-4-16-7-5(13(14)15)2-1-3-6(7)17-8(10,11)12/h1-3H,4H2. The molecule has 0 unspecified atom stereocenters. The van der Waals surface area contributed by atoms with Crippen molar-refractivity contribution in [2.45, 2.75) is 6.36 Å². The molecule has 0 saturated carbocycles. The Morgan fingerprint density at radius 2 is 2.00 bits per heavy atom. The lowest BCUT2D eigenvalue weighted by atomic mass is 10.3. The summed E-state index contributed by atoms with van der Waals surface area (Å²) in [6, 6.07) is 2.62. The van der Waals surface area contributed by atoms with Gasteiger partial charge >= 0.3 is 12.0 Å². The maximum Gasteiger partial charge on any atom is 0.573 e. The maximum atomic E-state index is 12.0. The second-order valence-electron chi connectivity index (χ2n) is 2.66. The van der Waals surface area contributed by atoms with Gasteiger partial charge in [-0.2, -0.15) is 0 Å². The van der Waals surface area contributed by atoms with Gasteiger partial charge in [0, 0.05) is 6.07 Å². The van der Waals surface area contributed by atoms with Crippen LogP contribution in [0.15, 0.2) is 18.2 Å². The number of para-hydroxylation sites is 1. The maximum absolute atomic E-state index is 12.0. The molecule has 17 heavy (non-hydrogen) atoms. The van der Waals surface area contributed by atoms with Crippen LogP contribution in [0.5, 0.6) is 11.5 Å². The zero-order valence-corrected chi connectivity index (χ0v) is 8.03. The summed E-state index contributed by atoms with van der Waals surface area (Å²) in [7, 11) is 0. The van der Waals surface area contributed by atoms with E-state index in [9.17, 15) is 27.7 Å². The highest BCUT2D eigenvalue weighted by Crippen LogP contribution is 2.39. The summed E-state index contributed by atoms with van der Waals surface area (Å²) in [5.74, 6) is -1.87. The molecule has 0 aliphatic rings. The minimum atomic E-state index is -5.05. The molecule has 0 bridgehead atoms. The lowest BCUT2D eigenvalue weighted by Crippen LogP contribution is -2.18. The van der Waals surface area contributed by atoms with Gasteiger partial charge in [-0.15, -0.1) is 13.2 Å². The van der Waals surface area contributed by atoms with E-state index in [0.717, 1.165) is 18.2 Å². The number of rotatable bonds is 4. The average molecular weight is 255 g/mol. The van der Waals surface area contributed by atoms with Gasteiger partial charge in [0.15, 0.2) is 5.75 Å². The summed E-state index contributed by atoms with van der Waals surface area (Å²) in [6.45, 7) is -1.51. The third-order valence-electron chi connectivity index (χ3n) is 1.58. The Hall–Kier alpha value is -2.06. The molecule has 0 aliphatic carbocycles. The summed E-state index contributed by atoms with van der Waals surface area (Å²) >= 11 is 0. The van der Waals surface area contributed by atoms with Gasteiger partial charge < -0.3 is 9.47 Å². The van der Waals surface area contributed by atoms with Crippen LogP contribution in [-0.2, 0) is 0 Å². The molecule has 0 saturated heterocycles. The van der Waals surface area contributed by atoms with Gasteiger partial charge in [0.25, 0.3) is 0 Å². The minimum Gasteiger partial charge on any atom is -0.452 e. The van der Waals surface area contributed by atoms with Crippen LogP contribution in [0.4, 0.5) is 23.2 Å². The van der Waals surface area contributed by atoms with E-state index in [0.29, 0.717) is 0 Å². The fourth-order valence-electron chi connectivity index (χ4n) is 1.05. The fourth-order valence-corrected chi connectivity index (χ4v) is 1.05. The second kappa shape index (κ2) is 4.85. The van der Waals surface area contributed by atoms with Crippen LogP contribution >= 0.6 is 0 Å². The van der Waals surface area contributed by atoms with E-state index in [2.05, 4.69) is 9.47 Å². The van der Waals surface area contributed by atoms with Crippen LogP contribution in [0.3, 0.4) is 0 Å². The van der Waals surface area contributed by atoms with Crippen LogP contribution in [-0.4, -0.2) is 18.1 Å². The summed E-state index contributed by atoms with van der Waals surface area (Å²) < 4.78 is 55.4. The molecule has 0 aromatic heterocycles. The molecule has 94 valence electrons. The highest BCUT2D eigenvalue weighted by molar-refractivity contribution is 5.55. The lowest BCUT2D eigenvalue weighted by Gasteiger charge is -2.12. The Kier molecular flexibility index (Phi) is 3.71. The predicted molar refractivity (Wildman–Crippen MR) is 46.4 cm³/mol. The normalized spacial score (nSPS) is 11.1. The Morgan fingerprint density at radius 1 is 1.35 bits per heavy atom. The van der Waals surface area contributed by atoms with Crippen molar-refractivity contribution in [1.29, 1.82) is 0 Å². The molecule has 9 heteroatoms. The molecule has 0 atom stereocenters. The number of hydrogen-bond acceptors (Lipinski definition) is 4. The van der Waals surface area contributed by atoms with Crippen molar-refractivity contribution in [1.82, 2.24) is 0 Å². The molecular weight excluding hydrogens is 250 g/mol. The first-order chi connectivity index (χ1) is 7.85. The summed E-state index contributed by atoms with van der Waals surface area (Å²) in [6.07, 6.45) is -5.05. The Balaban J connectivity index is 3.20. The average Bonchev–Trinajstić information content (AvgIpc) is 2.18. The van der Waals surface area contributed by atoms with Gasteiger partial charge in [-0.3, -0.25) is 10.1 Å². The first kappa shape index (κ1) is 13.0. The van der Waals surface area contributed by atoms with E-state index >= 15 is 0 Å². The third kappa shape index (κ3) is 3.47. The summed E-state index contributed by atoms with van der Waals surface area (Å²) in [4.78, 5) is 9.47. The van der Waals surface area contributed by atoms with Crippen molar-refractivity contribution in [2.75, 3.05) is 6.86 Å². The summed E-state index contributed by atoms with van der Waals surface area (Å²) in [5, 5.41) is 10.5. The molecule has 0 amide bonds. The number of halogens is 4. The number of nitro groups is 1. The number of benzene rings is 1. The molecule has 0 aliphatic heterocycles. The van der Waals surface area contributed by atoms with Gasteiger partial charge in [0.2, 0.25) is 12.6 Å². The van der Waals surface area contributed by atoms with Crippen molar-refractivity contribution in [3.8, 4) is 11.5 Å².